The van der Waals surface area contributed by atoms with E-state index in [9.17, 15) is 10.1 Å². The summed E-state index contributed by atoms with van der Waals surface area (Å²) >= 11 is 0. The van der Waals surface area contributed by atoms with Crippen LogP contribution in [-0.4, -0.2) is 36.3 Å². The van der Waals surface area contributed by atoms with Crippen molar-refractivity contribution < 1.29 is 14.3 Å². The summed E-state index contributed by atoms with van der Waals surface area (Å²) in [5.41, 5.74) is 2.50. The molecule has 33 heavy (non-hydrogen) atoms. The van der Waals surface area contributed by atoms with Gasteiger partial charge in [0.15, 0.2) is 0 Å². The van der Waals surface area contributed by atoms with Gasteiger partial charge < -0.3 is 14.8 Å². The summed E-state index contributed by atoms with van der Waals surface area (Å²) in [4.78, 5) is 15.0. The molecule has 1 amide bonds. The van der Waals surface area contributed by atoms with Crippen LogP contribution in [0.25, 0.3) is 0 Å². The SMILES string of the molecule is COc1ccc(C(C)C#N)cc1CN[C@H]1CCCN(C(=O)OC(C)(C)C)[C@H]1c1ccccc1. The maximum Gasteiger partial charge on any atom is 0.410 e. The third-order valence-electron chi connectivity index (χ3n) is 5.95. The Balaban J connectivity index is 1.86. The van der Waals surface area contributed by atoms with Crippen LogP contribution in [0, 0.1) is 11.3 Å². The maximum absolute atomic E-state index is 13.1. The predicted molar refractivity (Wildman–Crippen MR) is 129 cm³/mol. The minimum Gasteiger partial charge on any atom is -0.496 e. The standard InChI is InChI=1S/C27H35N3O3/c1-19(17-28)21-13-14-24(32-5)22(16-21)18-29-23-12-9-15-30(26(31)33-27(2,3)4)25(23)20-10-7-6-8-11-20/h6-8,10-11,13-14,16,19,23,25,29H,9,12,15,18H2,1-5H3/t19?,23-,25-/m0/s1. The van der Waals surface area contributed by atoms with E-state index in [-0.39, 0.29) is 24.1 Å². The molecule has 2 aromatic carbocycles. The van der Waals surface area contributed by atoms with E-state index in [0.717, 1.165) is 35.3 Å². The number of nitriles is 1. The Morgan fingerprint density at radius 1 is 1.24 bits per heavy atom. The van der Waals surface area contributed by atoms with E-state index in [1.54, 1.807) is 7.11 Å². The zero-order valence-corrected chi connectivity index (χ0v) is 20.3. The molecule has 1 aliphatic heterocycles. The molecular formula is C27H35N3O3. The van der Waals surface area contributed by atoms with Crippen molar-refractivity contribution in [3.63, 3.8) is 0 Å². The van der Waals surface area contributed by atoms with Crippen molar-refractivity contribution in [3.05, 3.63) is 65.2 Å². The molecule has 0 bridgehead atoms. The maximum atomic E-state index is 13.1. The molecule has 0 saturated carbocycles. The van der Waals surface area contributed by atoms with Crippen molar-refractivity contribution >= 4 is 6.09 Å². The largest absolute Gasteiger partial charge is 0.496 e. The average Bonchev–Trinajstić information content (AvgIpc) is 2.81. The third-order valence-corrected chi connectivity index (χ3v) is 5.95. The van der Waals surface area contributed by atoms with Crippen LogP contribution in [0.2, 0.25) is 0 Å². The summed E-state index contributed by atoms with van der Waals surface area (Å²) in [7, 11) is 1.66. The average molecular weight is 450 g/mol. The van der Waals surface area contributed by atoms with Gasteiger partial charge in [0.2, 0.25) is 0 Å². The number of piperidine rings is 1. The van der Waals surface area contributed by atoms with Gasteiger partial charge in [0.25, 0.3) is 0 Å². The summed E-state index contributed by atoms with van der Waals surface area (Å²) in [6.07, 6.45) is 1.54. The Hall–Kier alpha value is -3.04. The fourth-order valence-electron chi connectivity index (χ4n) is 4.32. The normalized spacial score (nSPS) is 19.5. The molecule has 0 spiro atoms. The van der Waals surface area contributed by atoms with Crippen LogP contribution in [-0.2, 0) is 11.3 Å². The lowest BCUT2D eigenvalue weighted by atomic mass is 9.90. The second kappa shape index (κ2) is 10.7. The molecule has 3 atom stereocenters. The van der Waals surface area contributed by atoms with Gasteiger partial charge in [0, 0.05) is 24.7 Å². The Labute approximate surface area is 197 Å². The monoisotopic (exact) mass is 449 g/mol. The number of methoxy groups -OCH3 is 1. The van der Waals surface area contributed by atoms with E-state index in [0.29, 0.717) is 13.1 Å². The molecule has 1 heterocycles. The number of hydrogen-bond acceptors (Lipinski definition) is 5. The van der Waals surface area contributed by atoms with Crippen molar-refractivity contribution in [2.24, 2.45) is 0 Å². The molecule has 6 nitrogen and oxygen atoms in total. The topological polar surface area (TPSA) is 74.6 Å². The van der Waals surface area contributed by atoms with Crippen LogP contribution in [0.5, 0.6) is 5.75 Å². The summed E-state index contributed by atoms with van der Waals surface area (Å²) in [5, 5.41) is 13.0. The van der Waals surface area contributed by atoms with Gasteiger partial charge in [-0.05, 0) is 63.8 Å². The van der Waals surface area contributed by atoms with Crippen molar-refractivity contribution in [3.8, 4) is 11.8 Å². The highest BCUT2D eigenvalue weighted by Gasteiger charge is 2.37. The molecule has 1 N–H and O–H groups in total. The van der Waals surface area contributed by atoms with Crippen LogP contribution >= 0.6 is 0 Å². The van der Waals surface area contributed by atoms with Gasteiger partial charge in [0.1, 0.15) is 11.4 Å². The molecule has 176 valence electrons. The molecule has 6 heteroatoms. The van der Waals surface area contributed by atoms with Crippen LogP contribution in [0.4, 0.5) is 4.79 Å². The summed E-state index contributed by atoms with van der Waals surface area (Å²) < 4.78 is 11.3. The fourth-order valence-corrected chi connectivity index (χ4v) is 4.32. The fraction of sp³-hybridized carbons (Fsp3) is 0.481. The number of amides is 1. The zero-order valence-electron chi connectivity index (χ0n) is 20.3. The van der Waals surface area contributed by atoms with E-state index < -0.39 is 5.60 Å². The minimum absolute atomic E-state index is 0.0513. The van der Waals surface area contributed by atoms with Gasteiger partial charge in [-0.1, -0.05) is 36.4 Å². The van der Waals surface area contributed by atoms with Crippen LogP contribution in [0.15, 0.2) is 48.5 Å². The smallest absolute Gasteiger partial charge is 0.410 e. The quantitative estimate of drug-likeness (QED) is 0.626. The van der Waals surface area contributed by atoms with Crippen LogP contribution in [0.3, 0.4) is 0 Å². The molecule has 0 aliphatic carbocycles. The number of benzene rings is 2. The lowest BCUT2D eigenvalue weighted by molar-refractivity contribution is 0.00380. The van der Waals surface area contributed by atoms with Gasteiger partial charge in [-0.3, -0.25) is 4.90 Å². The third kappa shape index (κ3) is 6.27. The Morgan fingerprint density at radius 2 is 1.97 bits per heavy atom. The lowest BCUT2D eigenvalue weighted by Gasteiger charge is -2.42. The van der Waals surface area contributed by atoms with Crippen molar-refractivity contribution in [2.75, 3.05) is 13.7 Å². The highest BCUT2D eigenvalue weighted by molar-refractivity contribution is 5.69. The number of carbonyl (C=O) groups is 1. The highest BCUT2D eigenvalue weighted by Crippen LogP contribution is 2.33. The van der Waals surface area contributed by atoms with E-state index in [1.807, 2.05) is 69.0 Å². The number of carbonyl (C=O) groups excluding carboxylic acids is 1. The second-order valence-corrected chi connectivity index (χ2v) is 9.58. The molecule has 2 aromatic rings. The first-order chi connectivity index (χ1) is 15.7. The van der Waals surface area contributed by atoms with Gasteiger partial charge in [0.05, 0.1) is 25.1 Å². The number of hydrogen-bond donors (Lipinski definition) is 1. The molecule has 0 radical (unpaired) electrons. The van der Waals surface area contributed by atoms with Crippen molar-refractivity contribution in [2.45, 2.75) is 70.7 Å². The van der Waals surface area contributed by atoms with Crippen molar-refractivity contribution in [1.82, 2.24) is 10.2 Å². The van der Waals surface area contributed by atoms with E-state index in [4.69, 9.17) is 9.47 Å². The van der Waals surface area contributed by atoms with Gasteiger partial charge in [-0.15, -0.1) is 0 Å². The number of likely N-dealkylation sites (tertiary alicyclic amines) is 1. The number of rotatable bonds is 6. The summed E-state index contributed by atoms with van der Waals surface area (Å²) in [6.45, 7) is 8.80. The number of ether oxygens (including phenoxy) is 2. The van der Waals surface area contributed by atoms with Crippen molar-refractivity contribution in [1.29, 1.82) is 5.26 Å². The molecular weight excluding hydrogens is 414 g/mol. The Morgan fingerprint density at radius 3 is 2.61 bits per heavy atom. The summed E-state index contributed by atoms with van der Waals surface area (Å²) in [6, 6.07) is 18.2. The van der Waals surface area contributed by atoms with E-state index in [2.05, 4.69) is 23.5 Å². The van der Waals surface area contributed by atoms with Gasteiger partial charge >= 0.3 is 6.09 Å². The first kappa shape index (κ1) is 24.6. The number of nitrogens with zero attached hydrogens (tertiary/aromatic N) is 2. The summed E-state index contributed by atoms with van der Waals surface area (Å²) in [5.74, 6) is 0.594. The van der Waals surface area contributed by atoms with Crippen LogP contribution < -0.4 is 10.1 Å². The van der Waals surface area contributed by atoms with Crippen LogP contribution in [0.1, 0.15) is 69.2 Å². The van der Waals surface area contributed by atoms with E-state index in [1.165, 1.54) is 0 Å². The van der Waals surface area contributed by atoms with Gasteiger partial charge in [-0.25, -0.2) is 4.79 Å². The molecule has 1 saturated heterocycles. The Bertz CT molecular complexity index is 978. The molecule has 1 fully saturated rings. The molecule has 1 unspecified atom stereocenters. The zero-order chi connectivity index (χ0) is 24.0. The first-order valence-corrected chi connectivity index (χ1v) is 11.6. The molecule has 1 aliphatic rings. The minimum atomic E-state index is -0.552. The highest BCUT2D eigenvalue weighted by atomic mass is 16.6. The first-order valence-electron chi connectivity index (χ1n) is 11.6. The number of nitrogens with one attached hydrogen (secondary N) is 1. The molecule has 0 aromatic heterocycles. The lowest BCUT2D eigenvalue weighted by Crippen LogP contribution is -2.51. The molecule has 3 rings (SSSR count). The Kier molecular flexibility index (Phi) is 7.99. The second-order valence-electron chi connectivity index (χ2n) is 9.58. The predicted octanol–water partition coefficient (Wildman–Crippen LogP) is 5.55. The van der Waals surface area contributed by atoms with Gasteiger partial charge in [-0.2, -0.15) is 5.26 Å². The van der Waals surface area contributed by atoms with E-state index >= 15 is 0 Å².